The van der Waals surface area contributed by atoms with Crippen LogP contribution in [-0.2, 0) is 37.5 Å². The second kappa shape index (κ2) is 9.40. The molecule has 0 heterocycles. The van der Waals surface area contributed by atoms with E-state index in [9.17, 15) is 4.79 Å². The van der Waals surface area contributed by atoms with E-state index in [1.807, 2.05) is 26.0 Å². The third kappa shape index (κ3) is 5.16. The van der Waals surface area contributed by atoms with E-state index in [1.54, 1.807) is 0 Å². The SMILES string of the molecule is CC[N+](CC)(CC)CC(=O)Nc1c(C)cc(C#N)cc1C.[Y]. The molecule has 22 heavy (non-hydrogen) atoms. The summed E-state index contributed by atoms with van der Waals surface area (Å²) in [4.78, 5) is 12.4. The number of rotatable bonds is 6. The van der Waals surface area contributed by atoms with Crippen LogP contribution in [0.25, 0.3) is 0 Å². The molecular formula is C17H26N3OY+. The van der Waals surface area contributed by atoms with Gasteiger partial charge in [-0.3, -0.25) is 4.79 Å². The molecule has 4 nitrogen and oxygen atoms in total. The molecule has 0 spiro atoms. The van der Waals surface area contributed by atoms with Crippen molar-refractivity contribution in [3.8, 4) is 6.07 Å². The first-order chi connectivity index (χ1) is 9.91. The summed E-state index contributed by atoms with van der Waals surface area (Å²) in [6.07, 6.45) is 0. The van der Waals surface area contributed by atoms with Gasteiger partial charge in [-0.25, -0.2) is 0 Å². The van der Waals surface area contributed by atoms with Crippen molar-refractivity contribution in [1.29, 1.82) is 5.26 Å². The first-order valence-corrected chi connectivity index (χ1v) is 7.57. The van der Waals surface area contributed by atoms with Crippen LogP contribution >= 0.6 is 0 Å². The Bertz CT molecular complexity index is 528. The molecule has 1 rings (SSSR count). The fourth-order valence-electron chi connectivity index (χ4n) is 2.72. The predicted molar refractivity (Wildman–Crippen MR) is 86.0 cm³/mol. The molecule has 0 aliphatic rings. The maximum atomic E-state index is 12.4. The molecule has 1 aromatic rings. The Labute approximate surface area is 159 Å². The molecule has 0 aliphatic carbocycles. The predicted octanol–water partition coefficient (Wildman–Crippen LogP) is 2.99. The van der Waals surface area contributed by atoms with Gasteiger partial charge in [0.1, 0.15) is 0 Å². The summed E-state index contributed by atoms with van der Waals surface area (Å²) >= 11 is 0. The van der Waals surface area contributed by atoms with Gasteiger partial charge in [-0.15, -0.1) is 0 Å². The summed E-state index contributed by atoms with van der Waals surface area (Å²) in [5.41, 5.74) is 3.33. The van der Waals surface area contributed by atoms with Gasteiger partial charge in [0.15, 0.2) is 6.54 Å². The van der Waals surface area contributed by atoms with Crippen LogP contribution in [0.4, 0.5) is 5.69 Å². The van der Waals surface area contributed by atoms with Crippen molar-refractivity contribution in [3.63, 3.8) is 0 Å². The molecule has 0 bridgehead atoms. The zero-order chi connectivity index (χ0) is 16.0. The van der Waals surface area contributed by atoms with Crippen LogP contribution in [0.2, 0.25) is 0 Å². The van der Waals surface area contributed by atoms with Gasteiger partial charge in [0, 0.05) is 38.4 Å². The average Bonchev–Trinajstić information content (AvgIpc) is 2.48. The third-order valence-electron chi connectivity index (χ3n) is 4.42. The number of nitriles is 1. The number of anilines is 1. The van der Waals surface area contributed by atoms with Gasteiger partial charge in [-0.05, 0) is 57.9 Å². The van der Waals surface area contributed by atoms with Gasteiger partial charge in [-0.1, -0.05) is 0 Å². The maximum absolute atomic E-state index is 12.4. The zero-order valence-corrected chi connectivity index (χ0v) is 17.2. The van der Waals surface area contributed by atoms with E-state index < -0.39 is 0 Å². The molecule has 5 heteroatoms. The molecule has 1 N–H and O–H groups in total. The largest absolute Gasteiger partial charge is 0.321 e. The minimum absolute atomic E-state index is 0. The van der Waals surface area contributed by atoms with Crippen LogP contribution in [0.5, 0.6) is 0 Å². The average molecular weight is 377 g/mol. The Morgan fingerprint density at radius 1 is 1.14 bits per heavy atom. The van der Waals surface area contributed by atoms with Gasteiger partial charge >= 0.3 is 0 Å². The molecule has 0 aliphatic heterocycles. The van der Waals surface area contributed by atoms with Crippen molar-refractivity contribution in [2.45, 2.75) is 34.6 Å². The summed E-state index contributed by atoms with van der Waals surface area (Å²) < 4.78 is 0.792. The van der Waals surface area contributed by atoms with E-state index in [2.05, 4.69) is 32.2 Å². The number of hydrogen-bond donors (Lipinski definition) is 1. The molecule has 117 valence electrons. The Kier molecular flexibility index (Phi) is 9.07. The summed E-state index contributed by atoms with van der Waals surface area (Å²) in [5, 5.41) is 12.0. The molecule has 0 saturated carbocycles. The van der Waals surface area contributed by atoms with Crippen LogP contribution in [0.1, 0.15) is 37.5 Å². The summed E-state index contributed by atoms with van der Waals surface area (Å²) in [7, 11) is 0. The van der Waals surface area contributed by atoms with Gasteiger partial charge in [0.2, 0.25) is 0 Å². The molecule has 0 fully saturated rings. The molecule has 1 radical (unpaired) electrons. The van der Waals surface area contributed by atoms with E-state index in [0.29, 0.717) is 12.1 Å². The number of nitrogens with zero attached hydrogens (tertiary/aromatic N) is 2. The third-order valence-corrected chi connectivity index (χ3v) is 4.42. The quantitative estimate of drug-likeness (QED) is 0.775. The number of benzene rings is 1. The van der Waals surface area contributed by atoms with E-state index in [-0.39, 0.29) is 38.6 Å². The Morgan fingerprint density at radius 2 is 1.59 bits per heavy atom. The standard InChI is InChI=1S/C17H25N3O.Y/c1-6-20(7-2,8-3)12-16(21)19-17-13(4)9-15(11-18)10-14(17)5;/h9-10H,6-8,12H2,1-5H3;/p+1. The van der Waals surface area contributed by atoms with E-state index in [1.165, 1.54) is 0 Å². The van der Waals surface area contributed by atoms with Crippen molar-refractivity contribution in [2.24, 2.45) is 0 Å². The van der Waals surface area contributed by atoms with Crippen molar-refractivity contribution in [3.05, 3.63) is 28.8 Å². The number of nitrogens with one attached hydrogen (secondary N) is 1. The molecule has 1 aromatic carbocycles. The second-order valence-electron chi connectivity index (χ2n) is 5.59. The van der Waals surface area contributed by atoms with Crippen molar-refractivity contribution >= 4 is 11.6 Å². The zero-order valence-electron chi connectivity index (χ0n) is 14.4. The Morgan fingerprint density at radius 3 is 1.95 bits per heavy atom. The van der Waals surface area contributed by atoms with Crippen molar-refractivity contribution < 1.29 is 42.0 Å². The molecule has 0 unspecified atom stereocenters. The first kappa shape index (κ1) is 21.2. The van der Waals surface area contributed by atoms with Gasteiger partial charge in [0.05, 0.1) is 31.3 Å². The summed E-state index contributed by atoms with van der Waals surface area (Å²) in [6.45, 7) is 13.6. The van der Waals surface area contributed by atoms with Crippen molar-refractivity contribution in [1.82, 2.24) is 0 Å². The smallest absolute Gasteiger partial charge is 0.279 e. The van der Waals surface area contributed by atoms with Gasteiger partial charge < -0.3 is 9.80 Å². The fraction of sp³-hybridized carbons (Fsp3) is 0.529. The van der Waals surface area contributed by atoms with Crippen LogP contribution in [-0.4, -0.2) is 36.6 Å². The number of carbonyl (C=O) groups excluding carboxylic acids is 1. The minimum atomic E-state index is 0. The van der Waals surface area contributed by atoms with Gasteiger partial charge in [-0.2, -0.15) is 5.26 Å². The van der Waals surface area contributed by atoms with E-state index >= 15 is 0 Å². The van der Waals surface area contributed by atoms with Gasteiger partial charge in [0.25, 0.3) is 5.91 Å². The number of likely N-dealkylation sites (N-methyl/N-ethyl adjacent to an activating group) is 1. The van der Waals surface area contributed by atoms with E-state index in [4.69, 9.17) is 5.26 Å². The first-order valence-electron chi connectivity index (χ1n) is 7.57. The maximum Gasteiger partial charge on any atom is 0.279 e. The number of carbonyl (C=O) groups is 1. The topological polar surface area (TPSA) is 52.9 Å². The summed E-state index contributed by atoms with van der Waals surface area (Å²) in [6, 6.07) is 5.76. The molecule has 0 aromatic heterocycles. The van der Waals surface area contributed by atoms with E-state index in [0.717, 1.165) is 40.9 Å². The molecule has 0 saturated heterocycles. The molecule has 0 atom stereocenters. The second-order valence-corrected chi connectivity index (χ2v) is 5.59. The normalized spacial score (nSPS) is 10.5. The number of aryl methyl sites for hydroxylation is 2. The Hall–Kier alpha value is -0.756. The summed E-state index contributed by atoms with van der Waals surface area (Å²) in [5.74, 6) is 0.0384. The number of amides is 1. The van der Waals surface area contributed by atoms with Crippen LogP contribution in [0.3, 0.4) is 0 Å². The monoisotopic (exact) mass is 377 g/mol. The molecular weight excluding hydrogens is 351 g/mol. The van der Waals surface area contributed by atoms with Crippen LogP contribution in [0.15, 0.2) is 12.1 Å². The van der Waals surface area contributed by atoms with Crippen molar-refractivity contribution in [2.75, 3.05) is 31.5 Å². The van der Waals surface area contributed by atoms with Crippen LogP contribution < -0.4 is 5.32 Å². The minimum Gasteiger partial charge on any atom is -0.321 e. The Balaban J connectivity index is 0.00000441. The van der Waals surface area contributed by atoms with Crippen LogP contribution in [0, 0.1) is 25.2 Å². The molecule has 1 amide bonds. The number of hydrogen-bond acceptors (Lipinski definition) is 2. The fourth-order valence-corrected chi connectivity index (χ4v) is 2.72. The number of quaternary nitrogens is 1.